The molecule has 0 atom stereocenters. The van der Waals surface area contributed by atoms with Crippen LogP contribution >= 0.6 is 11.3 Å². The summed E-state index contributed by atoms with van der Waals surface area (Å²) in [5.74, 6) is 0.276. The van der Waals surface area contributed by atoms with Crippen LogP contribution in [0.25, 0.3) is 0 Å². The summed E-state index contributed by atoms with van der Waals surface area (Å²) >= 11 is 1.35. The topological polar surface area (TPSA) is 69.6 Å². The van der Waals surface area contributed by atoms with Crippen LogP contribution in [-0.4, -0.2) is 39.2 Å². The van der Waals surface area contributed by atoms with Gasteiger partial charge in [0.05, 0.1) is 6.67 Å². The van der Waals surface area contributed by atoms with Crippen LogP contribution in [-0.2, 0) is 15.4 Å². The Morgan fingerprint density at radius 1 is 1.11 bits per heavy atom. The third-order valence-corrected chi connectivity index (χ3v) is 8.58. The van der Waals surface area contributed by atoms with E-state index in [4.69, 9.17) is 0 Å². The zero-order valence-corrected chi connectivity index (χ0v) is 18.6. The molecule has 0 aliphatic rings. The highest BCUT2D eigenvalue weighted by Crippen LogP contribution is 2.45. The number of hydrogen-bond donors (Lipinski definition) is 2. The number of thiophene rings is 1. The summed E-state index contributed by atoms with van der Waals surface area (Å²) in [6, 6.07) is 7.68. The standard InChI is InChI=1S/C20H30N2O3S2/c1-7-20(8-2,16-9-10-17(23)14(3)11-16)18-12-15(4)19(26-18)27(24,25)21-13-22(5)6/h9-12,21,23H,7-8,13H2,1-6H3. The first-order valence-corrected chi connectivity index (χ1v) is 11.4. The third-order valence-electron chi connectivity index (χ3n) is 5.12. The van der Waals surface area contributed by atoms with Gasteiger partial charge in [-0.2, -0.15) is 4.72 Å². The van der Waals surface area contributed by atoms with Crippen molar-refractivity contribution in [2.45, 2.75) is 50.2 Å². The molecule has 0 radical (unpaired) electrons. The zero-order valence-electron chi connectivity index (χ0n) is 17.0. The second kappa shape index (κ2) is 8.31. The predicted octanol–water partition coefficient (Wildman–Crippen LogP) is 3.97. The highest BCUT2D eigenvalue weighted by atomic mass is 32.2. The van der Waals surface area contributed by atoms with Crippen molar-refractivity contribution in [1.82, 2.24) is 9.62 Å². The van der Waals surface area contributed by atoms with Gasteiger partial charge in [-0.1, -0.05) is 26.0 Å². The summed E-state index contributed by atoms with van der Waals surface area (Å²) in [5.41, 5.74) is 2.42. The molecule has 5 nitrogen and oxygen atoms in total. The fourth-order valence-corrected chi connectivity index (χ4v) is 6.53. The number of nitrogens with one attached hydrogen (secondary N) is 1. The second-order valence-electron chi connectivity index (χ2n) is 7.26. The molecule has 27 heavy (non-hydrogen) atoms. The summed E-state index contributed by atoms with van der Waals surface area (Å²) < 4.78 is 28.5. The SMILES string of the molecule is CCC(CC)(c1ccc(O)c(C)c1)c1cc(C)c(S(=O)(=O)NCN(C)C)s1. The van der Waals surface area contributed by atoms with E-state index in [1.807, 2.05) is 46.1 Å². The molecule has 1 heterocycles. The molecule has 0 saturated carbocycles. The Labute approximate surface area is 167 Å². The molecular weight excluding hydrogens is 380 g/mol. The fraction of sp³-hybridized carbons (Fsp3) is 0.500. The van der Waals surface area contributed by atoms with Gasteiger partial charge in [0, 0.05) is 10.3 Å². The smallest absolute Gasteiger partial charge is 0.251 e. The lowest BCUT2D eigenvalue weighted by Crippen LogP contribution is -2.33. The van der Waals surface area contributed by atoms with Crippen molar-refractivity contribution in [3.63, 3.8) is 0 Å². The maximum atomic E-state index is 12.7. The summed E-state index contributed by atoms with van der Waals surface area (Å²) in [6.45, 7) is 8.25. The van der Waals surface area contributed by atoms with Crippen molar-refractivity contribution >= 4 is 21.4 Å². The van der Waals surface area contributed by atoms with E-state index in [9.17, 15) is 13.5 Å². The molecule has 0 aliphatic heterocycles. The molecule has 1 aromatic carbocycles. The number of rotatable bonds is 8. The number of aromatic hydroxyl groups is 1. The second-order valence-corrected chi connectivity index (χ2v) is 10.3. The van der Waals surface area contributed by atoms with Gasteiger partial charge in [-0.25, -0.2) is 8.42 Å². The maximum Gasteiger partial charge on any atom is 0.251 e. The highest BCUT2D eigenvalue weighted by molar-refractivity contribution is 7.91. The van der Waals surface area contributed by atoms with Gasteiger partial charge in [0.25, 0.3) is 10.0 Å². The summed E-state index contributed by atoms with van der Waals surface area (Å²) in [6.07, 6.45) is 1.69. The Bertz CT molecular complexity index is 898. The highest BCUT2D eigenvalue weighted by Gasteiger charge is 2.35. The zero-order chi connectivity index (χ0) is 20.4. The molecule has 7 heteroatoms. The minimum atomic E-state index is -3.55. The Morgan fingerprint density at radius 3 is 2.26 bits per heavy atom. The van der Waals surface area contributed by atoms with Crippen molar-refractivity contribution in [2.24, 2.45) is 0 Å². The molecule has 150 valence electrons. The molecule has 0 bridgehead atoms. The summed E-state index contributed by atoms with van der Waals surface area (Å²) in [7, 11) is 0.0899. The molecule has 0 unspecified atom stereocenters. The number of aryl methyl sites for hydroxylation is 2. The minimum Gasteiger partial charge on any atom is -0.508 e. The molecule has 2 aromatic rings. The van der Waals surface area contributed by atoms with E-state index >= 15 is 0 Å². The Hall–Kier alpha value is -1.41. The van der Waals surface area contributed by atoms with Gasteiger partial charge in [-0.3, -0.25) is 4.90 Å². The Morgan fingerprint density at radius 2 is 1.74 bits per heavy atom. The van der Waals surface area contributed by atoms with Crippen molar-refractivity contribution in [3.8, 4) is 5.75 Å². The monoisotopic (exact) mass is 410 g/mol. The lowest BCUT2D eigenvalue weighted by molar-refractivity contribution is 0.400. The quantitative estimate of drug-likeness (QED) is 0.646. The number of sulfonamides is 1. The van der Waals surface area contributed by atoms with E-state index in [-0.39, 0.29) is 17.8 Å². The predicted molar refractivity (Wildman–Crippen MR) is 112 cm³/mol. The van der Waals surface area contributed by atoms with Crippen LogP contribution < -0.4 is 4.72 Å². The molecule has 2 rings (SSSR count). The van der Waals surface area contributed by atoms with Gasteiger partial charge < -0.3 is 5.11 Å². The maximum absolute atomic E-state index is 12.7. The normalized spacial score (nSPS) is 12.7. The molecule has 2 N–H and O–H groups in total. The molecule has 1 aromatic heterocycles. The first-order chi connectivity index (χ1) is 12.6. The first kappa shape index (κ1) is 21.9. The van der Waals surface area contributed by atoms with Crippen molar-refractivity contribution in [1.29, 1.82) is 0 Å². The van der Waals surface area contributed by atoms with E-state index in [0.29, 0.717) is 4.21 Å². The van der Waals surface area contributed by atoms with Crippen LogP contribution in [0.1, 0.15) is 48.3 Å². The number of phenols is 1. The molecule has 0 saturated heterocycles. The molecule has 0 fully saturated rings. The van der Waals surface area contributed by atoms with Crippen LogP contribution in [0, 0.1) is 13.8 Å². The van der Waals surface area contributed by atoms with Crippen molar-refractivity contribution in [2.75, 3.05) is 20.8 Å². The molecule has 0 spiro atoms. The Balaban J connectivity index is 2.55. The number of hydrogen-bond acceptors (Lipinski definition) is 5. The van der Waals surface area contributed by atoms with E-state index in [1.165, 1.54) is 11.3 Å². The van der Waals surface area contributed by atoms with Gasteiger partial charge >= 0.3 is 0 Å². The van der Waals surface area contributed by atoms with Crippen LogP contribution in [0.2, 0.25) is 0 Å². The number of benzene rings is 1. The van der Waals surface area contributed by atoms with Crippen LogP contribution in [0.3, 0.4) is 0 Å². The van der Waals surface area contributed by atoms with Crippen molar-refractivity contribution < 1.29 is 13.5 Å². The minimum absolute atomic E-state index is 0.263. The van der Waals surface area contributed by atoms with Gasteiger partial charge in [-0.05, 0) is 69.6 Å². The Kier molecular flexibility index (Phi) is 6.73. The molecule has 0 amide bonds. The fourth-order valence-electron chi connectivity index (χ4n) is 3.35. The van der Waals surface area contributed by atoms with Crippen LogP contribution in [0.5, 0.6) is 5.75 Å². The summed E-state index contributed by atoms with van der Waals surface area (Å²) in [4.78, 5) is 2.82. The lowest BCUT2D eigenvalue weighted by Gasteiger charge is -2.32. The van der Waals surface area contributed by atoms with Gasteiger partial charge in [0.15, 0.2) is 0 Å². The van der Waals surface area contributed by atoms with E-state index in [1.54, 1.807) is 11.0 Å². The average Bonchev–Trinajstić information content (AvgIpc) is 3.01. The van der Waals surface area contributed by atoms with Gasteiger partial charge in [-0.15, -0.1) is 11.3 Å². The van der Waals surface area contributed by atoms with Crippen molar-refractivity contribution in [3.05, 3.63) is 45.8 Å². The molecule has 0 aliphatic carbocycles. The van der Waals surface area contributed by atoms with Gasteiger partial charge in [0.1, 0.15) is 9.96 Å². The van der Waals surface area contributed by atoms with Gasteiger partial charge in [0.2, 0.25) is 0 Å². The first-order valence-electron chi connectivity index (χ1n) is 9.12. The van der Waals surface area contributed by atoms with Crippen LogP contribution in [0.15, 0.2) is 28.5 Å². The lowest BCUT2D eigenvalue weighted by atomic mass is 9.74. The number of nitrogens with zero attached hydrogens (tertiary/aromatic N) is 1. The van der Waals surface area contributed by atoms with E-state index < -0.39 is 10.0 Å². The van der Waals surface area contributed by atoms with E-state index in [0.717, 1.165) is 34.4 Å². The van der Waals surface area contributed by atoms with Crippen LogP contribution in [0.4, 0.5) is 0 Å². The number of phenolic OH excluding ortho intramolecular Hbond substituents is 1. The third kappa shape index (κ3) is 4.37. The molecular formula is C20H30N2O3S2. The van der Waals surface area contributed by atoms with E-state index in [2.05, 4.69) is 18.6 Å². The largest absolute Gasteiger partial charge is 0.508 e. The average molecular weight is 411 g/mol. The summed E-state index contributed by atoms with van der Waals surface area (Å²) in [5, 5.41) is 9.90.